The van der Waals surface area contributed by atoms with Gasteiger partial charge in [-0.1, -0.05) is 0 Å². The van der Waals surface area contributed by atoms with Crippen molar-refractivity contribution in [3.63, 3.8) is 0 Å². The van der Waals surface area contributed by atoms with Crippen LogP contribution in [-0.4, -0.2) is 64.7 Å². The Morgan fingerprint density at radius 1 is 1.41 bits per heavy atom. The highest BCUT2D eigenvalue weighted by Gasteiger charge is 2.46. The minimum atomic E-state index is -3.16. The maximum absolute atomic E-state index is 12.1. The second-order valence-corrected chi connectivity index (χ2v) is 8.26. The average molecular weight is 326 g/mol. The highest BCUT2D eigenvalue weighted by molar-refractivity contribution is 7.88. The number of piperidine rings is 1. The van der Waals surface area contributed by atoms with Crippen LogP contribution < -0.4 is 0 Å². The van der Waals surface area contributed by atoms with Crippen LogP contribution >= 0.6 is 0 Å². The van der Waals surface area contributed by atoms with Crippen molar-refractivity contribution < 1.29 is 13.2 Å². The van der Waals surface area contributed by atoms with Crippen LogP contribution in [0.15, 0.2) is 18.5 Å². The number of likely N-dealkylation sites (tertiary alicyclic amines) is 1. The minimum absolute atomic E-state index is 0.0671. The number of hydrogen-bond donors (Lipinski definition) is 0. The Balaban J connectivity index is 1.78. The first-order valence-corrected chi connectivity index (χ1v) is 9.42. The number of carbonyl (C=O) groups is 1. The van der Waals surface area contributed by atoms with Crippen LogP contribution in [0.3, 0.4) is 0 Å². The van der Waals surface area contributed by atoms with Gasteiger partial charge in [-0.25, -0.2) is 12.7 Å². The third kappa shape index (κ3) is 2.89. The summed E-state index contributed by atoms with van der Waals surface area (Å²) in [6, 6.07) is 2.11. The molecule has 2 aliphatic rings. The molecular weight excluding hydrogens is 304 g/mol. The fourth-order valence-corrected chi connectivity index (χ4v) is 4.80. The third-order valence-electron chi connectivity index (χ3n) is 4.77. The molecule has 8 heteroatoms. The van der Waals surface area contributed by atoms with Crippen LogP contribution in [0.25, 0.3) is 0 Å². The largest absolute Gasteiger partial charge is 0.335 e. The number of aromatic nitrogens is 2. The zero-order valence-electron chi connectivity index (χ0n) is 12.9. The molecule has 2 fully saturated rings. The van der Waals surface area contributed by atoms with Crippen molar-refractivity contribution >= 4 is 15.9 Å². The van der Waals surface area contributed by atoms with Crippen molar-refractivity contribution in [2.24, 2.45) is 5.92 Å². The van der Waals surface area contributed by atoms with E-state index in [0.717, 1.165) is 6.42 Å². The average Bonchev–Trinajstić information content (AvgIpc) is 3.03. The van der Waals surface area contributed by atoms with E-state index >= 15 is 0 Å². The molecule has 22 heavy (non-hydrogen) atoms. The van der Waals surface area contributed by atoms with Gasteiger partial charge in [0.25, 0.3) is 0 Å². The predicted molar refractivity (Wildman–Crippen MR) is 81.5 cm³/mol. The standard InChI is InChI=1S/C14H22N4O3S/c1-11(19)18-13(10-16-6-3-5-15-16)8-12-9-17(22(2,20)21)7-4-14(12)18/h3,5-6,12-14H,4,7-10H2,1-2H3/t12-,13?,14+/m1/s1. The molecule has 3 rings (SSSR count). The molecule has 3 atom stereocenters. The van der Waals surface area contributed by atoms with E-state index in [2.05, 4.69) is 5.10 Å². The number of amides is 1. The topological polar surface area (TPSA) is 75.5 Å². The van der Waals surface area contributed by atoms with Gasteiger partial charge in [0.2, 0.25) is 15.9 Å². The molecule has 7 nitrogen and oxygen atoms in total. The van der Waals surface area contributed by atoms with E-state index in [4.69, 9.17) is 0 Å². The molecule has 0 N–H and O–H groups in total. The summed E-state index contributed by atoms with van der Waals surface area (Å²) in [6.07, 6.45) is 6.42. The molecule has 2 aliphatic heterocycles. The van der Waals surface area contributed by atoms with Gasteiger partial charge in [0.1, 0.15) is 0 Å². The Kier molecular flexibility index (Phi) is 3.98. The molecule has 1 amide bonds. The van der Waals surface area contributed by atoms with Gasteiger partial charge in [-0.2, -0.15) is 5.10 Å². The van der Waals surface area contributed by atoms with Gasteiger partial charge in [0, 0.05) is 38.4 Å². The molecule has 122 valence electrons. The van der Waals surface area contributed by atoms with Crippen LogP contribution in [0, 0.1) is 5.92 Å². The van der Waals surface area contributed by atoms with Gasteiger partial charge >= 0.3 is 0 Å². The fourth-order valence-electron chi connectivity index (χ4n) is 3.90. The summed E-state index contributed by atoms with van der Waals surface area (Å²) in [7, 11) is -3.16. The summed E-state index contributed by atoms with van der Waals surface area (Å²) < 4.78 is 26.9. The van der Waals surface area contributed by atoms with E-state index in [0.29, 0.717) is 26.1 Å². The smallest absolute Gasteiger partial charge is 0.220 e. The van der Waals surface area contributed by atoms with Crippen LogP contribution in [0.1, 0.15) is 19.8 Å². The summed E-state index contributed by atoms with van der Waals surface area (Å²) in [6.45, 7) is 3.28. The Bertz CT molecular complexity index is 643. The highest BCUT2D eigenvalue weighted by atomic mass is 32.2. The van der Waals surface area contributed by atoms with E-state index in [9.17, 15) is 13.2 Å². The molecule has 1 aromatic heterocycles. The number of hydrogen-bond acceptors (Lipinski definition) is 4. The Hall–Kier alpha value is -1.41. The zero-order valence-corrected chi connectivity index (χ0v) is 13.7. The maximum atomic E-state index is 12.1. The fraction of sp³-hybridized carbons (Fsp3) is 0.714. The Morgan fingerprint density at radius 2 is 2.18 bits per heavy atom. The summed E-state index contributed by atoms with van der Waals surface area (Å²) in [4.78, 5) is 14.0. The van der Waals surface area contributed by atoms with Crippen LogP contribution in [0.2, 0.25) is 0 Å². The first kappa shape index (κ1) is 15.5. The quantitative estimate of drug-likeness (QED) is 0.793. The van der Waals surface area contributed by atoms with E-state index in [1.807, 2.05) is 21.8 Å². The van der Waals surface area contributed by atoms with Crippen molar-refractivity contribution in [2.45, 2.75) is 38.4 Å². The molecule has 2 saturated heterocycles. The molecule has 0 aromatic carbocycles. The second-order valence-electron chi connectivity index (χ2n) is 6.28. The van der Waals surface area contributed by atoms with Gasteiger partial charge in [0.15, 0.2) is 0 Å². The van der Waals surface area contributed by atoms with E-state index < -0.39 is 10.0 Å². The van der Waals surface area contributed by atoms with Crippen molar-refractivity contribution in [3.05, 3.63) is 18.5 Å². The normalized spacial score (nSPS) is 29.5. The SMILES string of the molecule is CC(=O)N1C(Cn2cccn2)C[C@@H]2CN(S(C)(=O)=O)CC[C@@H]21. The molecule has 0 radical (unpaired) electrons. The molecule has 1 aromatic rings. The first-order valence-electron chi connectivity index (χ1n) is 7.57. The molecule has 0 saturated carbocycles. The van der Waals surface area contributed by atoms with E-state index in [-0.39, 0.29) is 23.9 Å². The van der Waals surface area contributed by atoms with Gasteiger partial charge in [0.05, 0.1) is 18.8 Å². The number of rotatable bonds is 3. The highest BCUT2D eigenvalue weighted by Crippen LogP contribution is 2.36. The lowest BCUT2D eigenvalue weighted by Crippen LogP contribution is -2.50. The zero-order chi connectivity index (χ0) is 15.9. The van der Waals surface area contributed by atoms with Crippen LogP contribution in [0.4, 0.5) is 0 Å². The van der Waals surface area contributed by atoms with Gasteiger partial charge in [-0.3, -0.25) is 9.48 Å². The first-order chi connectivity index (χ1) is 10.4. The predicted octanol–water partition coefficient (Wildman–Crippen LogP) is 0.154. The van der Waals surface area contributed by atoms with Gasteiger partial charge in [-0.05, 0) is 24.8 Å². The Labute approximate surface area is 130 Å². The summed E-state index contributed by atoms with van der Waals surface area (Å²) in [5.74, 6) is 0.283. The van der Waals surface area contributed by atoms with Crippen LogP contribution in [0.5, 0.6) is 0 Å². The van der Waals surface area contributed by atoms with E-state index in [1.165, 1.54) is 6.26 Å². The second kappa shape index (κ2) is 5.66. The van der Waals surface area contributed by atoms with Gasteiger partial charge < -0.3 is 4.90 Å². The van der Waals surface area contributed by atoms with Crippen molar-refractivity contribution in [3.8, 4) is 0 Å². The molecular formula is C14H22N4O3S. The van der Waals surface area contributed by atoms with Crippen molar-refractivity contribution in [1.29, 1.82) is 0 Å². The summed E-state index contributed by atoms with van der Waals surface area (Å²) in [5.41, 5.74) is 0. The lowest BCUT2D eigenvalue weighted by atomic mass is 9.93. The summed E-state index contributed by atoms with van der Waals surface area (Å²) in [5, 5.41) is 4.22. The molecule has 0 spiro atoms. The summed E-state index contributed by atoms with van der Waals surface area (Å²) >= 11 is 0. The van der Waals surface area contributed by atoms with Crippen molar-refractivity contribution in [1.82, 2.24) is 19.0 Å². The number of fused-ring (bicyclic) bond motifs is 1. The maximum Gasteiger partial charge on any atom is 0.220 e. The monoisotopic (exact) mass is 326 g/mol. The number of nitrogens with zero attached hydrogens (tertiary/aromatic N) is 4. The number of carbonyl (C=O) groups excluding carboxylic acids is 1. The number of sulfonamides is 1. The molecule has 0 aliphatic carbocycles. The molecule has 1 unspecified atom stereocenters. The van der Waals surface area contributed by atoms with Crippen molar-refractivity contribution in [2.75, 3.05) is 19.3 Å². The Morgan fingerprint density at radius 3 is 2.77 bits per heavy atom. The third-order valence-corrected chi connectivity index (χ3v) is 6.04. The molecule has 0 bridgehead atoms. The lowest BCUT2D eigenvalue weighted by molar-refractivity contribution is -0.132. The van der Waals surface area contributed by atoms with Crippen LogP contribution in [-0.2, 0) is 21.4 Å². The minimum Gasteiger partial charge on any atom is -0.335 e. The van der Waals surface area contributed by atoms with Gasteiger partial charge in [-0.15, -0.1) is 0 Å². The molecule has 3 heterocycles. The lowest BCUT2D eigenvalue weighted by Gasteiger charge is -2.37. The van der Waals surface area contributed by atoms with E-state index in [1.54, 1.807) is 17.4 Å².